The van der Waals surface area contributed by atoms with Crippen molar-refractivity contribution >= 4 is 11.6 Å². The van der Waals surface area contributed by atoms with Gasteiger partial charge in [0.2, 0.25) is 0 Å². The number of aliphatic hydroxyl groups excluding tert-OH is 1. The third-order valence-electron chi connectivity index (χ3n) is 3.68. The zero-order valence-corrected chi connectivity index (χ0v) is 13.3. The van der Waals surface area contributed by atoms with E-state index in [2.05, 4.69) is 24.2 Å². The van der Waals surface area contributed by atoms with Gasteiger partial charge in [0.1, 0.15) is 0 Å². The highest BCUT2D eigenvalue weighted by Crippen LogP contribution is 2.15. The van der Waals surface area contributed by atoms with Gasteiger partial charge in [0.25, 0.3) is 0 Å². The number of hydrogen-bond donors (Lipinski definition) is 3. The van der Waals surface area contributed by atoms with Crippen LogP contribution < -0.4 is 11.1 Å². The molecule has 0 fully saturated rings. The lowest BCUT2D eigenvalue weighted by atomic mass is 10.1. The maximum absolute atomic E-state index is 10.1. The van der Waals surface area contributed by atoms with Gasteiger partial charge in [-0.1, -0.05) is 35.9 Å². The smallest absolute Gasteiger partial charge is 0.193 e. The van der Waals surface area contributed by atoms with E-state index in [-0.39, 0.29) is 6.54 Å². The minimum atomic E-state index is -0.652. The molecule has 0 amide bonds. The maximum atomic E-state index is 10.1. The molecule has 0 aliphatic carbocycles. The highest BCUT2D eigenvalue weighted by molar-refractivity contribution is 5.92. The number of guanidine groups is 1. The second-order valence-corrected chi connectivity index (χ2v) is 5.58. The molecule has 0 radical (unpaired) electrons. The van der Waals surface area contributed by atoms with E-state index in [0.717, 1.165) is 16.8 Å². The molecule has 2 aromatic rings. The topological polar surface area (TPSA) is 70.6 Å². The van der Waals surface area contributed by atoms with Crippen LogP contribution in [0.25, 0.3) is 0 Å². The molecule has 1 unspecified atom stereocenters. The second kappa shape index (κ2) is 7.09. The Morgan fingerprint density at radius 3 is 2.41 bits per heavy atom. The summed E-state index contributed by atoms with van der Waals surface area (Å²) >= 11 is 0. The van der Waals surface area contributed by atoms with Crippen LogP contribution in [0.15, 0.2) is 47.5 Å². The van der Waals surface area contributed by atoms with Crippen LogP contribution in [-0.2, 0) is 0 Å². The van der Waals surface area contributed by atoms with E-state index in [1.807, 2.05) is 49.4 Å². The Morgan fingerprint density at radius 1 is 1.09 bits per heavy atom. The summed E-state index contributed by atoms with van der Waals surface area (Å²) in [5.74, 6) is 0.300. The third-order valence-corrected chi connectivity index (χ3v) is 3.68. The first kappa shape index (κ1) is 16.0. The molecule has 4 nitrogen and oxygen atoms in total. The third kappa shape index (κ3) is 4.33. The molecule has 4 N–H and O–H groups in total. The van der Waals surface area contributed by atoms with E-state index in [4.69, 9.17) is 5.73 Å². The van der Waals surface area contributed by atoms with Crippen LogP contribution in [0.2, 0.25) is 0 Å². The van der Waals surface area contributed by atoms with Gasteiger partial charge in [-0.25, -0.2) is 0 Å². The molecule has 0 aromatic heterocycles. The second-order valence-electron chi connectivity index (χ2n) is 5.58. The molecule has 0 spiro atoms. The zero-order chi connectivity index (χ0) is 16.1. The van der Waals surface area contributed by atoms with Gasteiger partial charge in [-0.3, -0.25) is 4.99 Å². The van der Waals surface area contributed by atoms with Gasteiger partial charge in [-0.2, -0.15) is 0 Å². The molecular weight excluding hydrogens is 274 g/mol. The van der Waals surface area contributed by atoms with E-state index in [1.165, 1.54) is 11.1 Å². The molecule has 0 saturated carbocycles. The summed E-state index contributed by atoms with van der Waals surface area (Å²) in [5, 5.41) is 13.2. The summed E-state index contributed by atoms with van der Waals surface area (Å²) in [6.07, 6.45) is -0.652. The lowest BCUT2D eigenvalue weighted by molar-refractivity contribution is 0.187. The molecule has 2 rings (SSSR count). The summed E-state index contributed by atoms with van der Waals surface area (Å²) < 4.78 is 0. The summed E-state index contributed by atoms with van der Waals surface area (Å²) in [6, 6.07) is 13.8. The Balaban J connectivity index is 1.97. The average molecular weight is 297 g/mol. The summed E-state index contributed by atoms with van der Waals surface area (Å²) in [5.41, 5.74) is 11.2. The molecular formula is C18H23N3O. The number of rotatable bonds is 4. The van der Waals surface area contributed by atoms with Gasteiger partial charge < -0.3 is 16.2 Å². The fourth-order valence-corrected chi connectivity index (χ4v) is 2.09. The van der Waals surface area contributed by atoms with Gasteiger partial charge in [0, 0.05) is 5.69 Å². The number of anilines is 1. The Morgan fingerprint density at radius 2 is 1.77 bits per heavy atom. The summed E-state index contributed by atoms with van der Waals surface area (Å²) in [6.45, 7) is 6.36. The summed E-state index contributed by atoms with van der Waals surface area (Å²) in [4.78, 5) is 4.20. The van der Waals surface area contributed by atoms with E-state index >= 15 is 0 Å². The molecule has 0 bridgehead atoms. The number of nitrogens with two attached hydrogens (primary N) is 1. The molecule has 0 aliphatic heterocycles. The van der Waals surface area contributed by atoms with Crippen LogP contribution >= 0.6 is 0 Å². The fraction of sp³-hybridized carbons (Fsp3) is 0.278. The molecule has 22 heavy (non-hydrogen) atoms. The van der Waals surface area contributed by atoms with Gasteiger partial charge in [0.05, 0.1) is 12.6 Å². The number of benzene rings is 2. The summed E-state index contributed by atoms with van der Waals surface area (Å²) in [7, 11) is 0. The number of nitrogens with one attached hydrogen (secondary N) is 1. The Bertz CT molecular complexity index is 663. The Kier molecular flexibility index (Phi) is 5.17. The Hall–Kier alpha value is -2.33. The first-order valence-corrected chi connectivity index (χ1v) is 7.34. The van der Waals surface area contributed by atoms with Crippen molar-refractivity contribution in [2.75, 3.05) is 11.9 Å². The van der Waals surface area contributed by atoms with Gasteiger partial charge in [-0.15, -0.1) is 0 Å². The molecule has 0 heterocycles. The highest BCUT2D eigenvalue weighted by atomic mass is 16.3. The normalized spacial score (nSPS) is 13.0. The first-order valence-electron chi connectivity index (χ1n) is 7.34. The first-order chi connectivity index (χ1) is 10.5. The lowest BCUT2D eigenvalue weighted by Gasteiger charge is -2.11. The molecule has 2 aromatic carbocycles. The van der Waals surface area contributed by atoms with Crippen LogP contribution in [0, 0.1) is 20.8 Å². The van der Waals surface area contributed by atoms with Gasteiger partial charge in [-0.05, 0) is 49.6 Å². The standard InChI is InChI=1S/C18H23N3O/c1-12-4-7-15(8-5-12)17(22)11-20-18(19)21-16-9-6-13(2)14(3)10-16/h4-10,17,22H,11H2,1-3H3,(H3,19,20,21). The van der Waals surface area contributed by atoms with Gasteiger partial charge in [0.15, 0.2) is 5.96 Å². The van der Waals surface area contributed by atoms with E-state index in [0.29, 0.717) is 5.96 Å². The van der Waals surface area contributed by atoms with Crippen LogP contribution in [0.1, 0.15) is 28.4 Å². The predicted molar refractivity (Wildman–Crippen MR) is 92.2 cm³/mol. The average Bonchev–Trinajstić information content (AvgIpc) is 2.49. The fourth-order valence-electron chi connectivity index (χ4n) is 2.09. The monoisotopic (exact) mass is 297 g/mol. The van der Waals surface area contributed by atoms with Crippen molar-refractivity contribution in [2.24, 2.45) is 10.7 Å². The number of aliphatic imine (C=N–C) groups is 1. The van der Waals surface area contributed by atoms with Crippen molar-refractivity contribution in [2.45, 2.75) is 26.9 Å². The van der Waals surface area contributed by atoms with Crippen LogP contribution in [0.3, 0.4) is 0 Å². The van der Waals surface area contributed by atoms with E-state index in [1.54, 1.807) is 0 Å². The predicted octanol–water partition coefficient (Wildman–Crippen LogP) is 3.07. The van der Waals surface area contributed by atoms with Crippen LogP contribution in [0.4, 0.5) is 5.69 Å². The minimum Gasteiger partial charge on any atom is -0.386 e. The quantitative estimate of drug-likeness (QED) is 0.600. The van der Waals surface area contributed by atoms with Crippen molar-refractivity contribution in [3.05, 3.63) is 64.7 Å². The maximum Gasteiger partial charge on any atom is 0.193 e. The Labute approximate surface area is 131 Å². The van der Waals surface area contributed by atoms with Crippen molar-refractivity contribution in [1.29, 1.82) is 0 Å². The van der Waals surface area contributed by atoms with Gasteiger partial charge >= 0.3 is 0 Å². The van der Waals surface area contributed by atoms with Crippen molar-refractivity contribution in [3.63, 3.8) is 0 Å². The van der Waals surface area contributed by atoms with Crippen LogP contribution in [0.5, 0.6) is 0 Å². The number of aliphatic hydroxyl groups is 1. The molecule has 4 heteroatoms. The van der Waals surface area contributed by atoms with E-state index in [9.17, 15) is 5.11 Å². The largest absolute Gasteiger partial charge is 0.386 e. The molecule has 0 saturated heterocycles. The van der Waals surface area contributed by atoms with Crippen molar-refractivity contribution in [3.8, 4) is 0 Å². The minimum absolute atomic E-state index is 0.229. The van der Waals surface area contributed by atoms with E-state index < -0.39 is 6.10 Å². The molecule has 1 atom stereocenters. The van der Waals surface area contributed by atoms with Crippen LogP contribution in [-0.4, -0.2) is 17.6 Å². The lowest BCUT2D eigenvalue weighted by Crippen LogP contribution is -2.23. The molecule has 116 valence electrons. The number of hydrogen-bond acceptors (Lipinski definition) is 2. The number of nitrogens with zero attached hydrogens (tertiary/aromatic N) is 1. The highest BCUT2D eigenvalue weighted by Gasteiger charge is 2.06. The van der Waals surface area contributed by atoms with Crippen molar-refractivity contribution < 1.29 is 5.11 Å². The number of aryl methyl sites for hydroxylation is 3. The molecule has 0 aliphatic rings. The SMILES string of the molecule is Cc1ccc(C(O)CN=C(N)Nc2ccc(C)c(C)c2)cc1. The zero-order valence-electron chi connectivity index (χ0n) is 13.3. The van der Waals surface area contributed by atoms with Crippen molar-refractivity contribution in [1.82, 2.24) is 0 Å².